The largest absolute Gasteiger partial charge is 0.370 e. The monoisotopic (exact) mass is 434 g/mol. The summed E-state index contributed by atoms with van der Waals surface area (Å²) in [5.74, 6) is 3.00. The molecule has 0 spiro atoms. The molecular weight excluding hydrogens is 407 g/mol. The second-order valence-electron chi connectivity index (χ2n) is 5.25. The minimum atomic E-state index is 0. The summed E-state index contributed by atoms with van der Waals surface area (Å²) in [7, 11) is 0. The van der Waals surface area contributed by atoms with Gasteiger partial charge in [0.05, 0.1) is 6.54 Å². The zero-order chi connectivity index (χ0) is 14.9. The number of nitrogens with zero attached hydrogens (tertiary/aromatic N) is 2. The third-order valence-corrected chi connectivity index (χ3v) is 4.52. The Morgan fingerprint density at radius 3 is 2.59 bits per heavy atom. The molecule has 0 aromatic heterocycles. The van der Waals surface area contributed by atoms with Crippen LogP contribution in [0.4, 0.5) is 5.69 Å². The zero-order valence-corrected chi connectivity index (χ0v) is 16.4. The first-order valence-corrected chi connectivity index (χ1v) is 8.90. The number of guanidine groups is 1. The number of aliphatic imine (C=N–C) groups is 1. The van der Waals surface area contributed by atoms with Crippen LogP contribution in [0.2, 0.25) is 0 Å². The van der Waals surface area contributed by atoms with Crippen molar-refractivity contribution in [1.82, 2.24) is 5.32 Å². The number of hydrogen-bond donors (Lipinski definition) is 2. The molecule has 1 fully saturated rings. The highest BCUT2D eigenvalue weighted by Crippen LogP contribution is 2.20. The smallest absolute Gasteiger partial charge is 0.188 e. The molecule has 1 aromatic carbocycles. The molecule has 124 valence electrons. The highest BCUT2D eigenvalue weighted by molar-refractivity contribution is 14.0. The highest BCUT2D eigenvalue weighted by atomic mass is 127. The molecule has 0 saturated carbocycles. The molecule has 3 N–H and O–H groups in total. The molecule has 1 heterocycles. The van der Waals surface area contributed by atoms with Crippen molar-refractivity contribution in [3.63, 3.8) is 0 Å². The van der Waals surface area contributed by atoms with E-state index in [4.69, 9.17) is 5.73 Å². The number of nitrogens with one attached hydrogen (secondary N) is 1. The quantitative estimate of drug-likeness (QED) is 0.313. The standard InChI is InChI=1S/C16H26N4S.HI/c1-2-3-8-18-16(17)19-13-14-4-6-15(7-5-14)20-9-11-21-12-10-20;/h4-7H,2-3,8-13H2,1H3,(H3,17,18,19);1H. The van der Waals surface area contributed by atoms with E-state index < -0.39 is 0 Å². The molecule has 0 aliphatic carbocycles. The normalized spacial score (nSPS) is 15.3. The van der Waals surface area contributed by atoms with Crippen LogP contribution in [0.1, 0.15) is 25.3 Å². The van der Waals surface area contributed by atoms with E-state index in [0.29, 0.717) is 12.5 Å². The Hall–Kier alpha value is -0.630. The minimum absolute atomic E-state index is 0. The summed E-state index contributed by atoms with van der Waals surface area (Å²) >= 11 is 2.04. The second-order valence-corrected chi connectivity index (χ2v) is 6.47. The molecule has 6 heteroatoms. The van der Waals surface area contributed by atoms with Gasteiger partial charge in [-0.05, 0) is 24.1 Å². The zero-order valence-electron chi connectivity index (χ0n) is 13.3. The summed E-state index contributed by atoms with van der Waals surface area (Å²) in [6.45, 7) is 6.00. The van der Waals surface area contributed by atoms with E-state index in [0.717, 1.165) is 32.5 Å². The minimum Gasteiger partial charge on any atom is -0.370 e. The summed E-state index contributed by atoms with van der Waals surface area (Å²) in [5, 5.41) is 3.13. The number of halogens is 1. The molecule has 4 nitrogen and oxygen atoms in total. The van der Waals surface area contributed by atoms with Gasteiger partial charge in [0.2, 0.25) is 0 Å². The van der Waals surface area contributed by atoms with E-state index in [2.05, 4.69) is 46.4 Å². The molecule has 0 amide bonds. The average molecular weight is 434 g/mol. The van der Waals surface area contributed by atoms with Gasteiger partial charge in [0.1, 0.15) is 0 Å². The average Bonchev–Trinajstić information content (AvgIpc) is 2.54. The van der Waals surface area contributed by atoms with E-state index in [1.165, 1.54) is 22.8 Å². The first-order valence-electron chi connectivity index (χ1n) is 7.75. The third kappa shape index (κ3) is 6.64. The predicted octanol–water partition coefficient (Wildman–Crippen LogP) is 3.06. The molecule has 1 saturated heterocycles. The van der Waals surface area contributed by atoms with Gasteiger partial charge in [0.25, 0.3) is 0 Å². The Bertz CT molecular complexity index is 444. The van der Waals surface area contributed by atoms with Gasteiger partial charge in [-0.1, -0.05) is 25.5 Å². The van der Waals surface area contributed by atoms with Crippen LogP contribution >= 0.6 is 35.7 Å². The lowest BCUT2D eigenvalue weighted by Crippen LogP contribution is -2.32. The number of nitrogens with two attached hydrogens (primary N) is 1. The summed E-state index contributed by atoms with van der Waals surface area (Å²) in [5.41, 5.74) is 8.35. The van der Waals surface area contributed by atoms with Crippen molar-refractivity contribution in [2.75, 3.05) is 36.0 Å². The third-order valence-electron chi connectivity index (χ3n) is 3.58. The first-order chi connectivity index (χ1) is 10.3. The lowest BCUT2D eigenvalue weighted by Gasteiger charge is -2.28. The summed E-state index contributed by atoms with van der Waals surface area (Å²) in [4.78, 5) is 6.82. The van der Waals surface area contributed by atoms with Crippen LogP contribution in [0.25, 0.3) is 0 Å². The van der Waals surface area contributed by atoms with Crippen molar-refractivity contribution in [2.45, 2.75) is 26.3 Å². The SMILES string of the molecule is CCCCNC(N)=NCc1ccc(N2CCSCC2)cc1.I. The summed E-state index contributed by atoms with van der Waals surface area (Å²) in [6, 6.07) is 8.70. The van der Waals surface area contributed by atoms with Crippen molar-refractivity contribution in [3.8, 4) is 0 Å². The topological polar surface area (TPSA) is 53.6 Å². The Labute approximate surface area is 155 Å². The van der Waals surface area contributed by atoms with Crippen LogP contribution in [0.15, 0.2) is 29.3 Å². The van der Waals surface area contributed by atoms with E-state index in [9.17, 15) is 0 Å². The van der Waals surface area contributed by atoms with Gasteiger partial charge in [-0.3, -0.25) is 0 Å². The molecular formula is C16H27IN4S. The fourth-order valence-electron chi connectivity index (χ4n) is 2.26. The van der Waals surface area contributed by atoms with E-state index in [1.807, 2.05) is 11.8 Å². The maximum atomic E-state index is 5.84. The predicted molar refractivity (Wildman–Crippen MR) is 110 cm³/mol. The van der Waals surface area contributed by atoms with Crippen LogP contribution in [-0.2, 0) is 6.54 Å². The van der Waals surface area contributed by atoms with Crippen molar-refractivity contribution < 1.29 is 0 Å². The molecule has 0 radical (unpaired) electrons. The van der Waals surface area contributed by atoms with Crippen LogP contribution in [0, 0.1) is 0 Å². The Morgan fingerprint density at radius 1 is 1.27 bits per heavy atom. The van der Waals surface area contributed by atoms with Crippen molar-refractivity contribution in [1.29, 1.82) is 0 Å². The molecule has 0 bridgehead atoms. The number of thioether (sulfide) groups is 1. The summed E-state index contributed by atoms with van der Waals surface area (Å²) < 4.78 is 0. The molecule has 0 atom stereocenters. The molecule has 0 unspecified atom stereocenters. The van der Waals surface area contributed by atoms with Gasteiger partial charge >= 0.3 is 0 Å². The fourth-order valence-corrected chi connectivity index (χ4v) is 3.16. The molecule has 22 heavy (non-hydrogen) atoms. The Balaban J connectivity index is 0.00000242. The highest BCUT2D eigenvalue weighted by Gasteiger charge is 2.10. The van der Waals surface area contributed by atoms with Gasteiger partial charge in [-0.25, -0.2) is 4.99 Å². The lowest BCUT2D eigenvalue weighted by molar-refractivity contribution is 0.748. The van der Waals surface area contributed by atoms with Gasteiger partial charge in [0.15, 0.2) is 5.96 Å². The molecule has 1 aliphatic rings. The van der Waals surface area contributed by atoms with Crippen LogP contribution in [0.5, 0.6) is 0 Å². The molecule has 2 rings (SSSR count). The van der Waals surface area contributed by atoms with Crippen LogP contribution in [-0.4, -0.2) is 37.1 Å². The summed E-state index contributed by atoms with van der Waals surface area (Å²) in [6.07, 6.45) is 2.29. The number of rotatable bonds is 6. The second kappa shape index (κ2) is 11.0. The maximum absolute atomic E-state index is 5.84. The van der Waals surface area contributed by atoms with Crippen molar-refractivity contribution in [3.05, 3.63) is 29.8 Å². The Kier molecular flexibility index (Phi) is 9.70. The molecule has 1 aliphatic heterocycles. The number of hydrogen-bond acceptors (Lipinski definition) is 3. The number of anilines is 1. The Morgan fingerprint density at radius 2 is 1.95 bits per heavy atom. The van der Waals surface area contributed by atoms with Gasteiger partial charge in [-0.2, -0.15) is 11.8 Å². The first kappa shape index (κ1) is 19.4. The van der Waals surface area contributed by atoms with E-state index >= 15 is 0 Å². The fraction of sp³-hybridized carbons (Fsp3) is 0.562. The van der Waals surface area contributed by atoms with Gasteiger partial charge in [0, 0.05) is 36.8 Å². The van der Waals surface area contributed by atoms with E-state index in [-0.39, 0.29) is 24.0 Å². The van der Waals surface area contributed by atoms with Gasteiger partial charge in [-0.15, -0.1) is 24.0 Å². The van der Waals surface area contributed by atoms with Crippen molar-refractivity contribution >= 4 is 47.4 Å². The number of benzene rings is 1. The molecule has 1 aromatic rings. The number of unbranched alkanes of at least 4 members (excludes halogenated alkanes) is 1. The van der Waals surface area contributed by atoms with Crippen LogP contribution in [0.3, 0.4) is 0 Å². The van der Waals surface area contributed by atoms with Crippen LogP contribution < -0.4 is 16.0 Å². The lowest BCUT2D eigenvalue weighted by atomic mass is 10.2. The maximum Gasteiger partial charge on any atom is 0.188 e. The van der Waals surface area contributed by atoms with Gasteiger partial charge < -0.3 is 16.0 Å². The van der Waals surface area contributed by atoms with E-state index in [1.54, 1.807) is 0 Å². The van der Waals surface area contributed by atoms with Crippen molar-refractivity contribution in [2.24, 2.45) is 10.7 Å².